The number of nitrogens with zero attached hydrogens (tertiary/aromatic N) is 2. The molecule has 0 spiro atoms. The molecule has 0 bridgehead atoms. The molecule has 1 aromatic heterocycles. The van der Waals surface area contributed by atoms with Gasteiger partial charge in [-0.1, -0.05) is 29.5 Å². The number of halogens is 1. The number of para-hydroxylation sites is 1. The van der Waals surface area contributed by atoms with E-state index in [0.717, 1.165) is 28.3 Å². The Kier molecular flexibility index (Phi) is 6.46. The molecular weight excluding hydrogens is 371 g/mol. The van der Waals surface area contributed by atoms with Gasteiger partial charge in [0.2, 0.25) is 0 Å². The largest absolute Gasteiger partial charge is 0.493 e. The first-order valence-electron chi connectivity index (χ1n) is 8.20. The fraction of sp³-hybridized carbons (Fsp3) is 0.263. The number of fused-ring (bicyclic) bond motifs is 1. The van der Waals surface area contributed by atoms with E-state index < -0.39 is 0 Å². The van der Waals surface area contributed by atoms with Gasteiger partial charge < -0.3 is 9.30 Å². The third-order valence-corrected chi connectivity index (χ3v) is 5.34. The lowest BCUT2D eigenvalue weighted by atomic mass is 10.3. The minimum Gasteiger partial charge on any atom is -0.493 e. The predicted molar refractivity (Wildman–Crippen MR) is 105 cm³/mol. The van der Waals surface area contributed by atoms with E-state index >= 15 is 0 Å². The van der Waals surface area contributed by atoms with Gasteiger partial charge in [-0.2, -0.15) is 16.8 Å². The summed E-state index contributed by atoms with van der Waals surface area (Å²) >= 11 is 3.05. The molecule has 7 heteroatoms. The Bertz CT molecular complexity index is 951. The molecule has 0 radical (unpaired) electrons. The van der Waals surface area contributed by atoms with E-state index in [1.54, 1.807) is 17.8 Å². The van der Waals surface area contributed by atoms with E-state index in [2.05, 4.69) is 4.99 Å². The summed E-state index contributed by atoms with van der Waals surface area (Å²) in [7, 11) is 0. The highest BCUT2D eigenvalue weighted by Gasteiger charge is 2.09. The molecule has 0 atom stereocenters. The summed E-state index contributed by atoms with van der Waals surface area (Å²) in [6.45, 7) is 0.996. The number of aromatic nitrogens is 1. The maximum Gasteiger partial charge on any atom is 0.251 e. The summed E-state index contributed by atoms with van der Waals surface area (Å²) in [6.07, 6.45) is 2.22. The molecular formula is C19H19FN2O2S2. The van der Waals surface area contributed by atoms with Crippen molar-refractivity contribution in [3.05, 3.63) is 59.1 Å². The Balaban J connectivity index is 1.77. The second-order valence-electron chi connectivity index (χ2n) is 5.56. The zero-order valence-corrected chi connectivity index (χ0v) is 16.0. The summed E-state index contributed by atoms with van der Waals surface area (Å²) < 4.78 is 21.8. The van der Waals surface area contributed by atoms with Gasteiger partial charge in [-0.05, 0) is 36.6 Å². The molecule has 2 aromatic carbocycles. The molecule has 0 aliphatic heterocycles. The maximum atomic E-state index is 13.5. The number of ether oxygens (including phenoxy) is 1. The molecule has 136 valence electrons. The van der Waals surface area contributed by atoms with Gasteiger partial charge in [-0.15, -0.1) is 0 Å². The van der Waals surface area contributed by atoms with Gasteiger partial charge in [-0.25, -0.2) is 4.39 Å². The predicted octanol–water partition coefficient (Wildman–Crippen LogP) is 4.10. The van der Waals surface area contributed by atoms with Crippen LogP contribution in [0.3, 0.4) is 0 Å². The Hall–Kier alpha value is -2.12. The fourth-order valence-corrected chi connectivity index (χ4v) is 3.93. The van der Waals surface area contributed by atoms with E-state index in [0.29, 0.717) is 4.80 Å². The van der Waals surface area contributed by atoms with Crippen molar-refractivity contribution in [3.63, 3.8) is 0 Å². The van der Waals surface area contributed by atoms with Crippen molar-refractivity contribution in [2.45, 2.75) is 13.0 Å². The standard InChI is InChI=1S/C19H19FN2O2S2/c1-25-12-10-22-16-8-7-14(20)13-17(16)26-19(22)21-18(23)9-11-24-15-5-3-2-4-6-15/h2-8,13H,9-12H2,1H3. The number of benzene rings is 2. The number of rotatable bonds is 7. The number of carbonyl (C=O) groups is 1. The molecule has 0 aliphatic rings. The number of hydrogen-bond acceptors (Lipinski definition) is 4. The lowest BCUT2D eigenvalue weighted by Crippen LogP contribution is -2.18. The van der Waals surface area contributed by atoms with Crippen molar-refractivity contribution in [1.29, 1.82) is 0 Å². The SMILES string of the molecule is CSCCn1c(=NC(=O)CCOc2ccccc2)sc2cc(F)ccc21. The van der Waals surface area contributed by atoms with Gasteiger partial charge in [0.05, 0.1) is 23.2 Å². The number of amides is 1. The van der Waals surface area contributed by atoms with Crippen LogP contribution in [0.2, 0.25) is 0 Å². The fourth-order valence-electron chi connectivity index (χ4n) is 2.47. The summed E-state index contributed by atoms with van der Waals surface area (Å²) in [5, 5.41) is 0. The van der Waals surface area contributed by atoms with Crippen LogP contribution in [-0.4, -0.2) is 29.1 Å². The van der Waals surface area contributed by atoms with Crippen molar-refractivity contribution >= 4 is 39.2 Å². The Morgan fingerprint density at radius 1 is 1.27 bits per heavy atom. The highest BCUT2D eigenvalue weighted by molar-refractivity contribution is 7.98. The monoisotopic (exact) mass is 390 g/mol. The van der Waals surface area contributed by atoms with E-state index in [-0.39, 0.29) is 24.8 Å². The molecule has 0 aliphatic carbocycles. The number of hydrogen-bond donors (Lipinski definition) is 0. The van der Waals surface area contributed by atoms with Crippen LogP contribution in [0.5, 0.6) is 5.75 Å². The van der Waals surface area contributed by atoms with Gasteiger partial charge in [0.1, 0.15) is 11.6 Å². The van der Waals surface area contributed by atoms with Crippen LogP contribution in [0.1, 0.15) is 6.42 Å². The summed E-state index contributed by atoms with van der Waals surface area (Å²) in [6, 6.07) is 14.0. The van der Waals surface area contributed by atoms with E-state index in [9.17, 15) is 9.18 Å². The third-order valence-electron chi connectivity index (χ3n) is 3.71. The van der Waals surface area contributed by atoms with Crippen molar-refractivity contribution < 1.29 is 13.9 Å². The average Bonchev–Trinajstić information content (AvgIpc) is 2.96. The van der Waals surface area contributed by atoms with Gasteiger partial charge in [0.25, 0.3) is 5.91 Å². The Labute approximate surface area is 159 Å². The normalized spacial score (nSPS) is 11.8. The zero-order valence-electron chi connectivity index (χ0n) is 14.4. The van der Waals surface area contributed by atoms with Crippen molar-refractivity contribution in [1.82, 2.24) is 4.57 Å². The smallest absolute Gasteiger partial charge is 0.251 e. The lowest BCUT2D eigenvalue weighted by Gasteiger charge is -2.04. The van der Waals surface area contributed by atoms with Gasteiger partial charge in [-0.3, -0.25) is 4.79 Å². The molecule has 0 N–H and O–H groups in total. The van der Waals surface area contributed by atoms with Crippen LogP contribution in [0.15, 0.2) is 53.5 Å². The molecule has 4 nitrogen and oxygen atoms in total. The van der Waals surface area contributed by atoms with E-state index in [1.165, 1.54) is 23.5 Å². The van der Waals surface area contributed by atoms with Crippen LogP contribution in [0.4, 0.5) is 4.39 Å². The van der Waals surface area contributed by atoms with Crippen LogP contribution in [0, 0.1) is 5.82 Å². The second kappa shape index (κ2) is 9.00. The molecule has 0 fully saturated rings. The molecule has 0 saturated heterocycles. The minimum absolute atomic E-state index is 0.194. The molecule has 3 rings (SSSR count). The maximum absolute atomic E-state index is 13.5. The van der Waals surface area contributed by atoms with Crippen LogP contribution >= 0.6 is 23.1 Å². The molecule has 3 aromatic rings. The lowest BCUT2D eigenvalue weighted by molar-refractivity contribution is -0.118. The zero-order chi connectivity index (χ0) is 18.4. The van der Waals surface area contributed by atoms with E-state index in [1.807, 2.05) is 41.2 Å². The highest BCUT2D eigenvalue weighted by Crippen LogP contribution is 2.19. The van der Waals surface area contributed by atoms with Crippen LogP contribution in [-0.2, 0) is 11.3 Å². The summed E-state index contributed by atoms with van der Waals surface area (Å²) in [5.74, 6) is 1.09. The molecule has 1 amide bonds. The van der Waals surface area contributed by atoms with Crippen LogP contribution in [0.25, 0.3) is 10.2 Å². The van der Waals surface area contributed by atoms with Crippen LogP contribution < -0.4 is 9.54 Å². The van der Waals surface area contributed by atoms with Crippen molar-refractivity contribution in [3.8, 4) is 5.75 Å². The Morgan fingerprint density at radius 3 is 2.85 bits per heavy atom. The topological polar surface area (TPSA) is 43.6 Å². The number of carbonyl (C=O) groups excluding carboxylic acids is 1. The second-order valence-corrected chi connectivity index (χ2v) is 7.55. The number of thiazole rings is 1. The first-order chi connectivity index (χ1) is 12.7. The van der Waals surface area contributed by atoms with Gasteiger partial charge in [0.15, 0.2) is 4.80 Å². The average molecular weight is 391 g/mol. The van der Waals surface area contributed by atoms with Gasteiger partial charge >= 0.3 is 0 Å². The van der Waals surface area contributed by atoms with E-state index in [4.69, 9.17) is 4.74 Å². The summed E-state index contributed by atoms with van der Waals surface area (Å²) in [5.41, 5.74) is 0.900. The molecule has 0 saturated carbocycles. The highest BCUT2D eigenvalue weighted by atomic mass is 32.2. The number of thioether (sulfide) groups is 1. The molecule has 26 heavy (non-hydrogen) atoms. The quantitative estimate of drug-likeness (QED) is 0.610. The number of aryl methyl sites for hydroxylation is 1. The van der Waals surface area contributed by atoms with Gasteiger partial charge in [0, 0.05) is 12.3 Å². The minimum atomic E-state index is -0.287. The summed E-state index contributed by atoms with van der Waals surface area (Å²) in [4.78, 5) is 17.1. The van der Waals surface area contributed by atoms with Crippen molar-refractivity contribution in [2.24, 2.45) is 4.99 Å². The first-order valence-corrected chi connectivity index (χ1v) is 10.4. The van der Waals surface area contributed by atoms with Crippen molar-refractivity contribution in [2.75, 3.05) is 18.6 Å². The third kappa shape index (κ3) is 4.74. The first kappa shape index (κ1) is 18.7. The molecule has 1 heterocycles. The molecule has 0 unspecified atom stereocenters. The Morgan fingerprint density at radius 2 is 2.08 bits per heavy atom.